The molecule has 2 heterocycles. The van der Waals surface area contributed by atoms with E-state index in [1.807, 2.05) is 36.1 Å². The van der Waals surface area contributed by atoms with E-state index < -0.39 is 0 Å². The third-order valence-corrected chi connectivity index (χ3v) is 5.87. The van der Waals surface area contributed by atoms with Crippen molar-refractivity contribution in [1.82, 2.24) is 10.2 Å². The van der Waals surface area contributed by atoms with Crippen LogP contribution in [0.15, 0.2) is 24.3 Å². The summed E-state index contributed by atoms with van der Waals surface area (Å²) in [6.45, 7) is 4.17. The van der Waals surface area contributed by atoms with Gasteiger partial charge in [-0.25, -0.2) is 0 Å². The first-order chi connectivity index (χ1) is 13.5. The highest BCUT2D eigenvalue weighted by atomic mass is 35.5. The fourth-order valence-electron chi connectivity index (χ4n) is 3.89. The molecule has 3 rings (SSSR count). The van der Waals surface area contributed by atoms with Gasteiger partial charge in [-0.2, -0.15) is 0 Å². The maximum absolute atomic E-state index is 12.9. The average molecular weight is 406 g/mol. The molecule has 152 valence electrons. The molecule has 3 amide bonds. The molecule has 0 unspecified atom stereocenters. The summed E-state index contributed by atoms with van der Waals surface area (Å²) < 4.78 is 0. The van der Waals surface area contributed by atoms with Crippen molar-refractivity contribution in [2.24, 2.45) is 11.8 Å². The SMILES string of the molecule is Cc1ccc(N2C[C@H](C(=O)N3CCC(C(=O)NCCCCl)CC3)CC2=O)cc1. The normalized spacial score (nSPS) is 20.5. The number of anilines is 1. The molecule has 0 saturated carbocycles. The Morgan fingerprint density at radius 1 is 1.14 bits per heavy atom. The number of rotatable bonds is 6. The van der Waals surface area contributed by atoms with E-state index in [4.69, 9.17) is 11.6 Å². The number of halogens is 1. The van der Waals surface area contributed by atoms with Crippen LogP contribution < -0.4 is 10.2 Å². The van der Waals surface area contributed by atoms with Gasteiger partial charge in [0.1, 0.15) is 0 Å². The average Bonchev–Trinajstić information content (AvgIpc) is 3.10. The van der Waals surface area contributed by atoms with Gasteiger partial charge in [-0.05, 0) is 38.3 Å². The van der Waals surface area contributed by atoms with Gasteiger partial charge in [-0.15, -0.1) is 11.6 Å². The Bertz CT molecular complexity index is 714. The molecule has 1 aromatic carbocycles. The second-order valence-corrected chi connectivity index (χ2v) is 8.05. The molecule has 2 aliphatic rings. The zero-order valence-corrected chi connectivity index (χ0v) is 17.1. The lowest BCUT2D eigenvalue weighted by molar-refractivity contribution is -0.139. The summed E-state index contributed by atoms with van der Waals surface area (Å²) >= 11 is 5.63. The minimum Gasteiger partial charge on any atom is -0.356 e. The number of nitrogens with one attached hydrogen (secondary N) is 1. The summed E-state index contributed by atoms with van der Waals surface area (Å²) in [6, 6.07) is 7.80. The number of nitrogens with zero attached hydrogens (tertiary/aromatic N) is 2. The van der Waals surface area contributed by atoms with Crippen LogP contribution in [0.2, 0.25) is 0 Å². The van der Waals surface area contributed by atoms with Gasteiger partial charge in [0, 0.05) is 50.1 Å². The number of aryl methyl sites for hydroxylation is 1. The topological polar surface area (TPSA) is 69.7 Å². The van der Waals surface area contributed by atoms with Crippen LogP contribution in [-0.2, 0) is 14.4 Å². The van der Waals surface area contributed by atoms with Gasteiger partial charge < -0.3 is 15.1 Å². The van der Waals surface area contributed by atoms with E-state index in [1.54, 1.807) is 4.90 Å². The molecule has 0 aliphatic carbocycles. The number of alkyl halides is 1. The summed E-state index contributed by atoms with van der Waals surface area (Å²) in [5.41, 5.74) is 1.98. The van der Waals surface area contributed by atoms with Crippen molar-refractivity contribution in [2.45, 2.75) is 32.6 Å². The van der Waals surface area contributed by atoms with Gasteiger partial charge in [-0.3, -0.25) is 14.4 Å². The van der Waals surface area contributed by atoms with E-state index in [0.29, 0.717) is 44.9 Å². The molecule has 0 bridgehead atoms. The standard InChI is InChI=1S/C21H28ClN3O3/c1-15-3-5-18(6-4-15)25-14-17(13-19(25)26)21(28)24-11-7-16(8-12-24)20(27)23-10-2-9-22/h3-6,16-17H,2,7-14H2,1H3,(H,23,27)/t17-/m1/s1. The largest absolute Gasteiger partial charge is 0.356 e. The predicted octanol–water partition coefficient (Wildman–Crippen LogP) is 2.33. The minimum absolute atomic E-state index is 0.00393. The lowest BCUT2D eigenvalue weighted by atomic mass is 9.94. The molecular formula is C21H28ClN3O3. The Labute approximate surface area is 171 Å². The van der Waals surface area contributed by atoms with Crippen molar-refractivity contribution < 1.29 is 14.4 Å². The third kappa shape index (κ3) is 4.85. The summed E-state index contributed by atoms with van der Waals surface area (Å²) in [4.78, 5) is 41.0. The molecule has 1 atom stereocenters. The number of carbonyl (C=O) groups excluding carboxylic acids is 3. The first-order valence-corrected chi connectivity index (χ1v) is 10.5. The summed E-state index contributed by atoms with van der Waals surface area (Å²) in [6.07, 6.45) is 2.35. The maximum atomic E-state index is 12.9. The van der Waals surface area contributed by atoms with Gasteiger partial charge in [0.15, 0.2) is 0 Å². The highest BCUT2D eigenvalue weighted by Gasteiger charge is 2.38. The molecular weight excluding hydrogens is 378 g/mol. The van der Waals surface area contributed by atoms with Crippen molar-refractivity contribution in [2.75, 3.05) is 37.0 Å². The van der Waals surface area contributed by atoms with Crippen molar-refractivity contribution in [3.63, 3.8) is 0 Å². The van der Waals surface area contributed by atoms with Crippen LogP contribution in [0.5, 0.6) is 0 Å². The fourth-order valence-corrected chi connectivity index (χ4v) is 4.02. The molecule has 2 fully saturated rings. The van der Waals surface area contributed by atoms with Crippen LogP contribution in [0.3, 0.4) is 0 Å². The van der Waals surface area contributed by atoms with E-state index in [9.17, 15) is 14.4 Å². The zero-order chi connectivity index (χ0) is 20.1. The number of hydrogen-bond donors (Lipinski definition) is 1. The van der Waals surface area contributed by atoms with Crippen LogP contribution in [0.1, 0.15) is 31.2 Å². The molecule has 2 aliphatic heterocycles. The van der Waals surface area contributed by atoms with Gasteiger partial charge in [0.2, 0.25) is 17.7 Å². The number of likely N-dealkylation sites (tertiary alicyclic amines) is 1. The van der Waals surface area contributed by atoms with Gasteiger partial charge in [-0.1, -0.05) is 17.7 Å². The summed E-state index contributed by atoms with van der Waals surface area (Å²) in [7, 11) is 0. The zero-order valence-electron chi connectivity index (χ0n) is 16.3. The van der Waals surface area contributed by atoms with Crippen LogP contribution in [0, 0.1) is 18.8 Å². The van der Waals surface area contributed by atoms with Crippen molar-refractivity contribution in [1.29, 1.82) is 0 Å². The Morgan fingerprint density at radius 3 is 2.46 bits per heavy atom. The molecule has 7 heteroatoms. The van der Waals surface area contributed by atoms with Crippen LogP contribution in [0.4, 0.5) is 5.69 Å². The van der Waals surface area contributed by atoms with Gasteiger partial charge in [0.05, 0.1) is 5.92 Å². The monoisotopic (exact) mass is 405 g/mol. The van der Waals surface area contributed by atoms with Crippen molar-refractivity contribution in [3.05, 3.63) is 29.8 Å². The van der Waals surface area contributed by atoms with Crippen LogP contribution >= 0.6 is 11.6 Å². The molecule has 0 aromatic heterocycles. The van der Waals surface area contributed by atoms with Gasteiger partial charge in [0.25, 0.3) is 0 Å². The fraction of sp³-hybridized carbons (Fsp3) is 0.571. The number of amides is 3. The highest BCUT2D eigenvalue weighted by Crippen LogP contribution is 2.28. The molecule has 28 heavy (non-hydrogen) atoms. The first-order valence-electron chi connectivity index (χ1n) is 9.99. The Morgan fingerprint density at radius 2 is 1.82 bits per heavy atom. The quantitative estimate of drug-likeness (QED) is 0.583. The smallest absolute Gasteiger partial charge is 0.228 e. The van der Waals surface area contributed by atoms with Crippen LogP contribution in [0.25, 0.3) is 0 Å². The number of piperidine rings is 1. The molecule has 6 nitrogen and oxygen atoms in total. The molecule has 1 N–H and O–H groups in total. The minimum atomic E-state index is -0.303. The first kappa shape index (κ1) is 20.6. The Kier molecular flexibility index (Phi) is 6.94. The number of carbonyl (C=O) groups is 3. The molecule has 2 saturated heterocycles. The van der Waals surface area contributed by atoms with E-state index in [-0.39, 0.29) is 36.0 Å². The second kappa shape index (κ2) is 9.41. The predicted molar refractivity (Wildman–Crippen MR) is 109 cm³/mol. The summed E-state index contributed by atoms with van der Waals surface area (Å²) in [5.74, 6) is 0.266. The lowest BCUT2D eigenvalue weighted by Gasteiger charge is -2.33. The van der Waals surface area contributed by atoms with Crippen molar-refractivity contribution in [3.8, 4) is 0 Å². The second-order valence-electron chi connectivity index (χ2n) is 7.67. The van der Waals surface area contributed by atoms with Crippen molar-refractivity contribution >= 4 is 35.0 Å². The van der Waals surface area contributed by atoms with E-state index in [0.717, 1.165) is 17.7 Å². The molecule has 1 aromatic rings. The van der Waals surface area contributed by atoms with Crippen LogP contribution in [-0.4, -0.2) is 54.7 Å². The van der Waals surface area contributed by atoms with E-state index in [2.05, 4.69) is 5.32 Å². The van der Waals surface area contributed by atoms with E-state index in [1.165, 1.54) is 0 Å². The lowest BCUT2D eigenvalue weighted by Crippen LogP contribution is -2.45. The third-order valence-electron chi connectivity index (χ3n) is 5.61. The van der Waals surface area contributed by atoms with E-state index >= 15 is 0 Å². The van der Waals surface area contributed by atoms with Gasteiger partial charge >= 0.3 is 0 Å². The number of benzene rings is 1. The Hall–Kier alpha value is -2.08. The number of hydrogen-bond acceptors (Lipinski definition) is 3. The maximum Gasteiger partial charge on any atom is 0.228 e. The highest BCUT2D eigenvalue weighted by molar-refractivity contribution is 6.17. The summed E-state index contributed by atoms with van der Waals surface area (Å²) in [5, 5.41) is 2.91. The molecule has 0 radical (unpaired) electrons. The molecule has 0 spiro atoms. The Balaban J connectivity index is 1.51.